The van der Waals surface area contributed by atoms with Crippen LogP contribution in [0.15, 0.2) is 41.6 Å². The van der Waals surface area contributed by atoms with E-state index in [2.05, 4.69) is 17.1 Å². The first-order chi connectivity index (χ1) is 9.34. The van der Waals surface area contributed by atoms with Crippen LogP contribution in [-0.4, -0.2) is 34.6 Å². The second-order valence-electron chi connectivity index (χ2n) is 4.71. The molecular formula is C15H16N2OS. The Labute approximate surface area is 117 Å². The van der Waals surface area contributed by atoms with Crippen LogP contribution in [0.25, 0.3) is 10.8 Å². The van der Waals surface area contributed by atoms with Crippen molar-refractivity contribution < 1.29 is 4.79 Å². The van der Waals surface area contributed by atoms with E-state index >= 15 is 0 Å². The highest BCUT2D eigenvalue weighted by Crippen LogP contribution is 2.25. The smallest absolute Gasteiger partial charge is 0.232 e. The molecule has 1 fully saturated rings. The zero-order valence-corrected chi connectivity index (χ0v) is 11.5. The first-order valence-electron chi connectivity index (χ1n) is 6.59. The molecule has 0 spiro atoms. The Balaban J connectivity index is 1.73. The maximum Gasteiger partial charge on any atom is 0.232 e. The van der Waals surface area contributed by atoms with Crippen molar-refractivity contribution in [1.82, 2.24) is 9.88 Å². The molecule has 3 rings (SSSR count). The van der Waals surface area contributed by atoms with Gasteiger partial charge in [0, 0.05) is 24.7 Å². The third-order valence-corrected chi connectivity index (χ3v) is 4.42. The number of rotatable bonds is 3. The summed E-state index contributed by atoms with van der Waals surface area (Å²) in [4.78, 5) is 18.4. The highest BCUT2D eigenvalue weighted by atomic mass is 32.2. The van der Waals surface area contributed by atoms with Crippen molar-refractivity contribution in [2.45, 2.75) is 17.9 Å². The summed E-state index contributed by atoms with van der Waals surface area (Å²) >= 11 is 1.54. The first-order valence-corrected chi connectivity index (χ1v) is 7.57. The fourth-order valence-electron chi connectivity index (χ4n) is 2.39. The highest BCUT2D eigenvalue weighted by molar-refractivity contribution is 8.00. The monoisotopic (exact) mass is 272 g/mol. The Kier molecular flexibility index (Phi) is 3.69. The van der Waals surface area contributed by atoms with Gasteiger partial charge in [-0.25, -0.2) is 4.98 Å². The molecule has 2 heterocycles. The number of fused-ring (bicyclic) bond motifs is 1. The van der Waals surface area contributed by atoms with Gasteiger partial charge in [0.2, 0.25) is 5.91 Å². The van der Waals surface area contributed by atoms with Crippen LogP contribution in [0.3, 0.4) is 0 Å². The van der Waals surface area contributed by atoms with Crippen LogP contribution in [0, 0.1) is 0 Å². The van der Waals surface area contributed by atoms with Gasteiger partial charge in [-0.2, -0.15) is 0 Å². The molecule has 19 heavy (non-hydrogen) atoms. The van der Waals surface area contributed by atoms with Crippen LogP contribution in [0.2, 0.25) is 0 Å². The summed E-state index contributed by atoms with van der Waals surface area (Å²) in [5.41, 5.74) is 0. The van der Waals surface area contributed by atoms with Gasteiger partial charge in [0.15, 0.2) is 0 Å². The van der Waals surface area contributed by atoms with Crippen molar-refractivity contribution in [1.29, 1.82) is 0 Å². The number of amides is 1. The number of pyridine rings is 1. The lowest BCUT2D eigenvalue weighted by Gasteiger charge is -2.14. The van der Waals surface area contributed by atoms with Crippen molar-refractivity contribution in [2.24, 2.45) is 0 Å². The van der Waals surface area contributed by atoms with E-state index in [9.17, 15) is 4.79 Å². The van der Waals surface area contributed by atoms with Gasteiger partial charge < -0.3 is 4.90 Å². The van der Waals surface area contributed by atoms with Crippen molar-refractivity contribution in [3.63, 3.8) is 0 Å². The maximum absolute atomic E-state index is 12.0. The second kappa shape index (κ2) is 5.61. The van der Waals surface area contributed by atoms with E-state index in [1.807, 2.05) is 29.3 Å². The van der Waals surface area contributed by atoms with Crippen molar-refractivity contribution >= 4 is 28.4 Å². The fourth-order valence-corrected chi connectivity index (χ4v) is 3.31. The average Bonchev–Trinajstić information content (AvgIpc) is 2.99. The van der Waals surface area contributed by atoms with Gasteiger partial charge in [-0.1, -0.05) is 36.0 Å². The molecule has 0 atom stereocenters. The minimum absolute atomic E-state index is 0.234. The Hall–Kier alpha value is -1.55. The predicted molar refractivity (Wildman–Crippen MR) is 78.3 cm³/mol. The molecule has 1 aromatic carbocycles. The maximum atomic E-state index is 12.0. The molecular weight excluding hydrogens is 256 g/mol. The van der Waals surface area contributed by atoms with Crippen LogP contribution in [0.5, 0.6) is 0 Å². The zero-order valence-electron chi connectivity index (χ0n) is 10.7. The molecule has 1 aliphatic rings. The lowest BCUT2D eigenvalue weighted by atomic mass is 10.2. The molecule has 1 saturated heterocycles. The van der Waals surface area contributed by atoms with Gasteiger partial charge in [-0.15, -0.1) is 0 Å². The molecule has 1 aromatic heterocycles. The van der Waals surface area contributed by atoms with Crippen molar-refractivity contribution in [2.75, 3.05) is 18.8 Å². The molecule has 98 valence electrons. The van der Waals surface area contributed by atoms with Gasteiger partial charge in [0.25, 0.3) is 0 Å². The molecule has 0 radical (unpaired) electrons. The van der Waals surface area contributed by atoms with Gasteiger partial charge in [-0.3, -0.25) is 4.79 Å². The summed E-state index contributed by atoms with van der Waals surface area (Å²) in [6.07, 6.45) is 4.09. The Morgan fingerprint density at radius 1 is 1.21 bits per heavy atom. The predicted octanol–water partition coefficient (Wildman–Crippen LogP) is 2.95. The first kappa shape index (κ1) is 12.5. The number of carbonyl (C=O) groups excluding carboxylic acids is 1. The lowest BCUT2D eigenvalue weighted by molar-refractivity contribution is -0.127. The third-order valence-electron chi connectivity index (χ3n) is 3.43. The lowest BCUT2D eigenvalue weighted by Crippen LogP contribution is -2.29. The summed E-state index contributed by atoms with van der Waals surface area (Å²) in [6, 6.07) is 10.2. The van der Waals surface area contributed by atoms with Crippen molar-refractivity contribution in [3.8, 4) is 0 Å². The number of carbonyl (C=O) groups is 1. The topological polar surface area (TPSA) is 33.2 Å². The number of hydrogen-bond donors (Lipinski definition) is 0. The molecule has 1 aliphatic heterocycles. The molecule has 0 unspecified atom stereocenters. The van der Waals surface area contributed by atoms with E-state index in [1.54, 1.807) is 11.8 Å². The largest absolute Gasteiger partial charge is 0.342 e. The number of benzene rings is 1. The van der Waals surface area contributed by atoms with Crippen LogP contribution < -0.4 is 0 Å². The van der Waals surface area contributed by atoms with Gasteiger partial charge in [-0.05, 0) is 24.3 Å². The van der Waals surface area contributed by atoms with Gasteiger partial charge >= 0.3 is 0 Å². The summed E-state index contributed by atoms with van der Waals surface area (Å²) in [7, 11) is 0. The molecule has 0 saturated carbocycles. The minimum atomic E-state index is 0.234. The molecule has 0 N–H and O–H groups in total. The number of aromatic nitrogens is 1. The second-order valence-corrected chi connectivity index (χ2v) is 5.68. The number of likely N-dealkylation sites (tertiary alicyclic amines) is 1. The Morgan fingerprint density at radius 2 is 2.00 bits per heavy atom. The normalized spacial score (nSPS) is 15.1. The molecule has 1 amide bonds. The third kappa shape index (κ3) is 2.73. The van der Waals surface area contributed by atoms with E-state index in [0.29, 0.717) is 5.75 Å². The molecule has 2 aromatic rings. The SMILES string of the molecule is O=C(CSc1nccc2ccccc12)N1CCCC1. The summed E-state index contributed by atoms with van der Waals surface area (Å²) < 4.78 is 0. The summed E-state index contributed by atoms with van der Waals surface area (Å²) in [6.45, 7) is 1.84. The van der Waals surface area contributed by atoms with E-state index in [0.717, 1.165) is 36.3 Å². The van der Waals surface area contributed by atoms with Gasteiger partial charge in [0.05, 0.1) is 5.75 Å². The van der Waals surface area contributed by atoms with Crippen LogP contribution >= 0.6 is 11.8 Å². The summed E-state index contributed by atoms with van der Waals surface area (Å²) in [5, 5.41) is 3.25. The molecule has 0 aliphatic carbocycles. The zero-order chi connectivity index (χ0) is 13.1. The molecule has 3 nitrogen and oxygen atoms in total. The average molecular weight is 272 g/mol. The van der Waals surface area contributed by atoms with Crippen LogP contribution in [-0.2, 0) is 4.79 Å². The number of thioether (sulfide) groups is 1. The van der Waals surface area contributed by atoms with E-state index < -0.39 is 0 Å². The minimum Gasteiger partial charge on any atom is -0.342 e. The fraction of sp³-hybridized carbons (Fsp3) is 0.333. The van der Waals surface area contributed by atoms with Gasteiger partial charge in [0.1, 0.15) is 5.03 Å². The van der Waals surface area contributed by atoms with E-state index in [1.165, 1.54) is 5.39 Å². The van der Waals surface area contributed by atoms with E-state index in [4.69, 9.17) is 0 Å². The quantitative estimate of drug-likeness (QED) is 0.805. The Morgan fingerprint density at radius 3 is 2.84 bits per heavy atom. The molecule has 4 heteroatoms. The van der Waals surface area contributed by atoms with E-state index in [-0.39, 0.29) is 5.91 Å². The van der Waals surface area contributed by atoms with Crippen molar-refractivity contribution in [3.05, 3.63) is 36.5 Å². The standard InChI is InChI=1S/C15H16N2OS/c18-14(17-9-3-4-10-17)11-19-15-13-6-2-1-5-12(13)7-8-16-15/h1-2,5-8H,3-4,9-11H2. The Bertz CT molecular complexity index is 588. The summed E-state index contributed by atoms with van der Waals surface area (Å²) in [5.74, 6) is 0.721. The molecule has 0 bridgehead atoms. The number of hydrogen-bond acceptors (Lipinski definition) is 3. The van der Waals surface area contributed by atoms with Crippen LogP contribution in [0.1, 0.15) is 12.8 Å². The number of nitrogens with zero attached hydrogens (tertiary/aromatic N) is 2. The van der Waals surface area contributed by atoms with Crippen LogP contribution in [0.4, 0.5) is 0 Å². The highest BCUT2D eigenvalue weighted by Gasteiger charge is 2.18.